The lowest BCUT2D eigenvalue weighted by Crippen LogP contribution is -1.86. The fourth-order valence-corrected chi connectivity index (χ4v) is 1.45. The second-order valence-corrected chi connectivity index (χ2v) is 3.94. The summed E-state index contributed by atoms with van der Waals surface area (Å²) in [7, 11) is 0. The molecule has 14 heavy (non-hydrogen) atoms. The maximum absolute atomic E-state index is 9.02. The number of hydrogen-bond acceptors (Lipinski definition) is 1. The molecule has 1 aromatic carbocycles. The van der Waals surface area contributed by atoms with E-state index in [4.69, 9.17) is 16.7 Å². The number of aliphatic hydroxyl groups is 1. The number of rotatable bonds is 2. The molecular formula is C11H10BrClO. The third-order valence-corrected chi connectivity index (χ3v) is 2.63. The van der Waals surface area contributed by atoms with Crippen molar-refractivity contribution < 1.29 is 5.11 Å². The quantitative estimate of drug-likeness (QED) is 0.649. The van der Waals surface area contributed by atoms with Crippen molar-refractivity contribution in [2.75, 3.05) is 5.88 Å². The van der Waals surface area contributed by atoms with Crippen molar-refractivity contribution in [3.63, 3.8) is 0 Å². The molecule has 1 N–H and O–H groups in total. The minimum absolute atomic E-state index is 0.0195. The standard InChI is InChI=1S/C11H10BrClO/c12-11-5-4-9(3-1-2-6-13)7-10(11)8-14/h4-5,7,14H,2,6,8H2. The van der Waals surface area contributed by atoms with Crippen LogP contribution in [0.2, 0.25) is 0 Å². The molecule has 0 amide bonds. The fraction of sp³-hybridized carbons (Fsp3) is 0.273. The van der Waals surface area contributed by atoms with Crippen LogP contribution in [0.1, 0.15) is 17.5 Å². The third-order valence-electron chi connectivity index (χ3n) is 1.67. The molecule has 1 rings (SSSR count). The first-order chi connectivity index (χ1) is 6.77. The van der Waals surface area contributed by atoms with Gasteiger partial charge < -0.3 is 5.11 Å². The van der Waals surface area contributed by atoms with Gasteiger partial charge in [0.2, 0.25) is 0 Å². The van der Waals surface area contributed by atoms with Gasteiger partial charge in [-0.05, 0) is 23.8 Å². The number of hydrogen-bond donors (Lipinski definition) is 1. The Morgan fingerprint density at radius 3 is 2.86 bits per heavy atom. The summed E-state index contributed by atoms with van der Waals surface area (Å²) in [6.07, 6.45) is 0.687. The summed E-state index contributed by atoms with van der Waals surface area (Å²) < 4.78 is 0.905. The van der Waals surface area contributed by atoms with Crippen molar-refractivity contribution in [1.82, 2.24) is 0 Å². The molecule has 0 aliphatic rings. The van der Waals surface area contributed by atoms with Crippen molar-refractivity contribution in [3.05, 3.63) is 33.8 Å². The van der Waals surface area contributed by atoms with Crippen LogP contribution in [0.25, 0.3) is 0 Å². The van der Waals surface area contributed by atoms with Crippen molar-refractivity contribution in [2.45, 2.75) is 13.0 Å². The van der Waals surface area contributed by atoms with Crippen LogP contribution >= 0.6 is 27.5 Å². The first kappa shape index (κ1) is 11.6. The molecule has 0 aromatic heterocycles. The average Bonchev–Trinajstić information content (AvgIpc) is 2.21. The Hall–Kier alpha value is -0.490. The van der Waals surface area contributed by atoms with Gasteiger partial charge in [-0.25, -0.2) is 0 Å². The van der Waals surface area contributed by atoms with E-state index in [9.17, 15) is 0 Å². The molecule has 0 radical (unpaired) electrons. The first-order valence-corrected chi connectivity index (χ1v) is 5.55. The second kappa shape index (κ2) is 6.08. The lowest BCUT2D eigenvalue weighted by Gasteiger charge is -2.00. The maximum Gasteiger partial charge on any atom is 0.0693 e. The second-order valence-electron chi connectivity index (χ2n) is 2.71. The molecule has 0 fully saturated rings. The van der Waals surface area contributed by atoms with Crippen LogP contribution in [0, 0.1) is 11.8 Å². The van der Waals surface area contributed by atoms with Crippen molar-refractivity contribution in [1.29, 1.82) is 0 Å². The maximum atomic E-state index is 9.02. The summed E-state index contributed by atoms with van der Waals surface area (Å²) in [5.74, 6) is 6.48. The molecule has 3 heteroatoms. The van der Waals surface area contributed by atoms with Gasteiger partial charge >= 0.3 is 0 Å². The van der Waals surface area contributed by atoms with Crippen molar-refractivity contribution in [3.8, 4) is 11.8 Å². The highest BCUT2D eigenvalue weighted by Crippen LogP contribution is 2.17. The monoisotopic (exact) mass is 272 g/mol. The van der Waals surface area contributed by atoms with Crippen LogP contribution < -0.4 is 0 Å². The zero-order valence-electron chi connectivity index (χ0n) is 7.56. The van der Waals surface area contributed by atoms with Gasteiger partial charge in [-0.3, -0.25) is 0 Å². The minimum atomic E-state index is 0.0195. The number of halogens is 2. The molecule has 0 saturated heterocycles. The van der Waals surface area contributed by atoms with Gasteiger partial charge in [0, 0.05) is 22.3 Å². The Balaban J connectivity index is 2.86. The zero-order valence-corrected chi connectivity index (χ0v) is 9.90. The van der Waals surface area contributed by atoms with E-state index < -0.39 is 0 Å². The van der Waals surface area contributed by atoms with Crippen LogP contribution in [0.3, 0.4) is 0 Å². The molecule has 0 atom stereocenters. The minimum Gasteiger partial charge on any atom is -0.392 e. The van der Waals surface area contributed by atoms with Gasteiger partial charge in [0.15, 0.2) is 0 Å². The van der Waals surface area contributed by atoms with Crippen LogP contribution in [-0.4, -0.2) is 11.0 Å². The van der Waals surface area contributed by atoms with E-state index in [2.05, 4.69) is 27.8 Å². The van der Waals surface area contributed by atoms with Crippen LogP contribution in [0.4, 0.5) is 0 Å². The lowest BCUT2D eigenvalue weighted by atomic mass is 10.1. The van der Waals surface area contributed by atoms with Gasteiger partial charge in [0.1, 0.15) is 0 Å². The summed E-state index contributed by atoms with van der Waals surface area (Å²) in [6.45, 7) is 0.0195. The zero-order chi connectivity index (χ0) is 10.4. The van der Waals surface area contributed by atoms with Crippen LogP contribution in [0.5, 0.6) is 0 Å². The Kier molecular flexibility index (Phi) is 5.03. The van der Waals surface area contributed by atoms with E-state index in [1.165, 1.54) is 0 Å². The average molecular weight is 274 g/mol. The van der Waals surface area contributed by atoms with Gasteiger partial charge in [0.05, 0.1) is 6.61 Å². The van der Waals surface area contributed by atoms with Crippen LogP contribution in [-0.2, 0) is 6.61 Å². The van der Waals surface area contributed by atoms with Gasteiger partial charge in [-0.1, -0.05) is 27.8 Å². The highest BCUT2D eigenvalue weighted by Gasteiger charge is 1.98. The molecule has 0 saturated carbocycles. The fourth-order valence-electron chi connectivity index (χ4n) is 0.985. The molecule has 0 aliphatic carbocycles. The van der Waals surface area contributed by atoms with E-state index >= 15 is 0 Å². The Morgan fingerprint density at radius 2 is 2.21 bits per heavy atom. The highest BCUT2D eigenvalue weighted by molar-refractivity contribution is 9.10. The summed E-state index contributed by atoms with van der Waals surface area (Å²) >= 11 is 8.84. The van der Waals surface area contributed by atoms with E-state index in [1.54, 1.807) is 0 Å². The van der Waals surface area contributed by atoms with Crippen LogP contribution in [0.15, 0.2) is 22.7 Å². The molecule has 0 heterocycles. The number of benzene rings is 1. The Labute approximate surface area is 97.2 Å². The normalized spacial score (nSPS) is 9.36. The molecule has 0 bridgehead atoms. The SMILES string of the molecule is OCc1cc(C#CCCCl)ccc1Br. The Morgan fingerprint density at radius 1 is 1.43 bits per heavy atom. The molecule has 0 unspecified atom stereocenters. The lowest BCUT2D eigenvalue weighted by molar-refractivity contribution is 0.281. The van der Waals surface area contributed by atoms with E-state index in [0.717, 1.165) is 15.6 Å². The van der Waals surface area contributed by atoms with Crippen molar-refractivity contribution >= 4 is 27.5 Å². The molecule has 0 spiro atoms. The summed E-state index contributed by atoms with van der Waals surface area (Å²) in [5.41, 5.74) is 1.75. The topological polar surface area (TPSA) is 20.2 Å². The summed E-state index contributed by atoms with van der Waals surface area (Å²) in [4.78, 5) is 0. The Bertz CT molecular complexity index is 365. The molecule has 0 aliphatic heterocycles. The first-order valence-electron chi connectivity index (χ1n) is 4.22. The van der Waals surface area contributed by atoms with Gasteiger partial charge in [0.25, 0.3) is 0 Å². The number of alkyl halides is 1. The van der Waals surface area contributed by atoms with E-state index in [1.807, 2.05) is 18.2 Å². The smallest absolute Gasteiger partial charge is 0.0693 e. The summed E-state index contributed by atoms with van der Waals surface area (Å²) in [5, 5.41) is 9.02. The van der Waals surface area contributed by atoms with E-state index in [-0.39, 0.29) is 6.61 Å². The molecule has 1 aromatic rings. The van der Waals surface area contributed by atoms with E-state index in [0.29, 0.717) is 12.3 Å². The highest BCUT2D eigenvalue weighted by atomic mass is 79.9. The van der Waals surface area contributed by atoms with Crippen molar-refractivity contribution in [2.24, 2.45) is 0 Å². The number of aliphatic hydroxyl groups excluding tert-OH is 1. The molecule has 1 nitrogen and oxygen atoms in total. The predicted molar refractivity (Wildman–Crippen MR) is 62.3 cm³/mol. The summed E-state index contributed by atoms with van der Waals surface area (Å²) in [6, 6.07) is 5.66. The molecular weight excluding hydrogens is 263 g/mol. The third kappa shape index (κ3) is 3.34. The van der Waals surface area contributed by atoms with Gasteiger partial charge in [-0.15, -0.1) is 11.6 Å². The largest absolute Gasteiger partial charge is 0.392 e. The predicted octanol–water partition coefficient (Wildman–Crippen LogP) is 2.92. The molecule has 74 valence electrons. The van der Waals surface area contributed by atoms with Gasteiger partial charge in [-0.2, -0.15) is 0 Å².